The van der Waals surface area contributed by atoms with E-state index in [0.717, 1.165) is 56.1 Å². The van der Waals surface area contributed by atoms with Crippen molar-refractivity contribution < 1.29 is 9.53 Å². The molecule has 6 heteroatoms. The fraction of sp³-hybridized carbons (Fsp3) is 0.440. The number of aromatic nitrogens is 2. The highest BCUT2D eigenvalue weighted by molar-refractivity contribution is 5.80. The van der Waals surface area contributed by atoms with E-state index in [9.17, 15) is 4.79 Å². The van der Waals surface area contributed by atoms with E-state index in [1.54, 1.807) is 0 Å². The topological polar surface area (TPSA) is 50.1 Å². The molecule has 1 atom stereocenters. The maximum atomic E-state index is 13.0. The Morgan fingerprint density at radius 2 is 1.94 bits per heavy atom. The van der Waals surface area contributed by atoms with Crippen molar-refractivity contribution in [2.75, 3.05) is 44.3 Å². The molecule has 6 nitrogen and oxygen atoms in total. The number of ether oxygens (including phenoxy) is 1. The molecule has 0 aliphatic carbocycles. The van der Waals surface area contributed by atoms with Crippen molar-refractivity contribution in [1.29, 1.82) is 0 Å². The number of hydrogen-bond acceptors (Lipinski definition) is 4. The first-order valence-corrected chi connectivity index (χ1v) is 11.3. The largest absolute Gasteiger partial charge is 0.378 e. The zero-order valence-corrected chi connectivity index (χ0v) is 18.4. The Hall–Kier alpha value is -2.86. The van der Waals surface area contributed by atoms with Gasteiger partial charge in [0.05, 0.1) is 24.8 Å². The molecule has 2 aromatic heterocycles. The van der Waals surface area contributed by atoms with E-state index in [2.05, 4.69) is 47.5 Å². The molecule has 0 saturated carbocycles. The summed E-state index contributed by atoms with van der Waals surface area (Å²) in [6.07, 6.45) is 4.07. The number of rotatable bonds is 3. The van der Waals surface area contributed by atoms with Crippen LogP contribution < -0.4 is 4.90 Å². The minimum absolute atomic E-state index is 0.0635. The van der Waals surface area contributed by atoms with Crippen LogP contribution in [0.4, 0.5) is 5.69 Å². The number of nitrogens with zero attached hydrogens (tertiary/aromatic N) is 4. The van der Waals surface area contributed by atoms with Gasteiger partial charge in [-0.25, -0.2) is 4.98 Å². The molecular weight excluding hydrogens is 388 g/mol. The number of carbonyl (C=O) groups excluding carboxylic acids is 1. The van der Waals surface area contributed by atoms with Gasteiger partial charge < -0.3 is 18.9 Å². The smallest absolute Gasteiger partial charge is 0.227 e. The molecular formula is C25H30N4O2. The van der Waals surface area contributed by atoms with Gasteiger partial charge in [-0.1, -0.05) is 12.1 Å². The highest BCUT2D eigenvalue weighted by atomic mass is 16.5. The lowest BCUT2D eigenvalue weighted by molar-refractivity contribution is -0.139. The van der Waals surface area contributed by atoms with Crippen LogP contribution in [0.15, 0.2) is 42.6 Å². The molecule has 1 unspecified atom stereocenters. The van der Waals surface area contributed by atoms with Gasteiger partial charge in [-0.2, -0.15) is 0 Å². The lowest BCUT2D eigenvalue weighted by Crippen LogP contribution is -2.48. The fourth-order valence-electron chi connectivity index (χ4n) is 4.89. The lowest BCUT2D eigenvalue weighted by atomic mass is 9.95. The zero-order chi connectivity index (χ0) is 21.4. The van der Waals surface area contributed by atoms with Crippen LogP contribution in [0.5, 0.6) is 0 Å². The van der Waals surface area contributed by atoms with Crippen LogP contribution in [0.2, 0.25) is 0 Å². The van der Waals surface area contributed by atoms with E-state index in [0.29, 0.717) is 13.2 Å². The van der Waals surface area contributed by atoms with Crippen LogP contribution in [0, 0.1) is 19.8 Å². The van der Waals surface area contributed by atoms with E-state index >= 15 is 0 Å². The number of carbonyl (C=O) groups is 1. The standard InChI is InChI=1S/C25H30N4O2/c1-18-8-9-21(16-22(18)24-19(2)29-11-4-3-7-23(29)26-24)28-10-5-6-20(17-28)25(30)27-12-14-31-15-13-27/h3-4,7-9,11,16,20H,5-6,10,12-15,17H2,1-2H3. The summed E-state index contributed by atoms with van der Waals surface area (Å²) in [6, 6.07) is 12.7. The van der Waals surface area contributed by atoms with Crippen molar-refractivity contribution in [3.05, 3.63) is 53.9 Å². The molecule has 5 rings (SSSR count). The third kappa shape index (κ3) is 3.81. The number of morpholine rings is 1. The van der Waals surface area contributed by atoms with Gasteiger partial charge in [-0.3, -0.25) is 4.79 Å². The average molecular weight is 419 g/mol. The number of piperidine rings is 1. The summed E-state index contributed by atoms with van der Waals surface area (Å²) in [5.74, 6) is 0.352. The van der Waals surface area contributed by atoms with Crippen LogP contribution in [-0.4, -0.2) is 59.6 Å². The number of aryl methyl sites for hydroxylation is 2. The Labute approximate surface area is 183 Å². The van der Waals surface area contributed by atoms with E-state index in [-0.39, 0.29) is 11.8 Å². The first-order valence-electron chi connectivity index (χ1n) is 11.3. The summed E-state index contributed by atoms with van der Waals surface area (Å²) in [6.45, 7) is 8.78. The monoisotopic (exact) mass is 418 g/mol. The Morgan fingerprint density at radius 3 is 2.74 bits per heavy atom. The molecule has 0 N–H and O–H groups in total. The van der Waals surface area contributed by atoms with Crippen molar-refractivity contribution in [2.45, 2.75) is 26.7 Å². The molecule has 2 saturated heterocycles. The molecule has 2 fully saturated rings. The molecule has 0 spiro atoms. The third-order valence-corrected chi connectivity index (χ3v) is 6.70. The van der Waals surface area contributed by atoms with E-state index in [1.165, 1.54) is 16.8 Å². The highest BCUT2D eigenvalue weighted by Gasteiger charge is 2.30. The van der Waals surface area contributed by atoms with Crippen molar-refractivity contribution in [1.82, 2.24) is 14.3 Å². The molecule has 0 radical (unpaired) electrons. The van der Waals surface area contributed by atoms with E-state index in [1.807, 2.05) is 23.1 Å². The van der Waals surface area contributed by atoms with Crippen molar-refractivity contribution >= 4 is 17.2 Å². The minimum atomic E-state index is 0.0635. The summed E-state index contributed by atoms with van der Waals surface area (Å²) in [4.78, 5) is 22.3. The Bertz CT molecular complexity index is 1100. The lowest BCUT2D eigenvalue weighted by Gasteiger charge is -2.37. The van der Waals surface area contributed by atoms with Crippen LogP contribution in [0.1, 0.15) is 24.1 Å². The average Bonchev–Trinajstić information content (AvgIpc) is 3.16. The normalized spacial score (nSPS) is 19.7. The van der Waals surface area contributed by atoms with Crippen molar-refractivity contribution in [3.63, 3.8) is 0 Å². The van der Waals surface area contributed by atoms with E-state index in [4.69, 9.17) is 9.72 Å². The molecule has 1 aromatic carbocycles. The molecule has 31 heavy (non-hydrogen) atoms. The quantitative estimate of drug-likeness (QED) is 0.651. The van der Waals surface area contributed by atoms with Crippen LogP contribution in [-0.2, 0) is 9.53 Å². The minimum Gasteiger partial charge on any atom is -0.378 e. The van der Waals surface area contributed by atoms with Gasteiger partial charge in [0.15, 0.2) is 0 Å². The first-order chi connectivity index (χ1) is 15.1. The number of fused-ring (bicyclic) bond motifs is 1. The summed E-state index contributed by atoms with van der Waals surface area (Å²) < 4.78 is 7.55. The Morgan fingerprint density at radius 1 is 1.10 bits per heavy atom. The van der Waals surface area contributed by atoms with Crippen molar-refractivity contribution in [2.24, 2.45) is 5.92 Å². The summed E-state index contributed by atoms with van der Waals surface area (Å²) in [5, 5.41) is 0. The van der Waals surface area contributed by atoms with Crippen molar-refractivity contribution in [3.8, 4) is 11.3 Å². The molecule has 3 aromatic rings. The predicted molar refractivity (Wildman–Crippen MR) is 122 cm³/mol. The second kappa shape index (κ2) is 8.35. The molecule has 4 heterocycles. The first kappa shape index (κ1) is 20.1. The second-order valence-electron chi connectivity index (χ2n) is 8.70. The van der Waals surface area contributed by atoms with Crippen LogP contribution in [0.3, 0.4) is 0 Å². The number of pyridine rings is 1. The number of anilines is 1. The summed E-state index contributed by atoms with van der Waals surface area (Å²) >= 11 is 0. The van der Waals surface area contributed by atoms with Crippen LogP contribution >= 0.6 is 0 Å². The molecule has 162 valence electrons. The summed E-state index contributed by atoms with van der Waals surface area (Å²) in [5.41, 5.74) is 6.71. The maximum Gasteiger partial charge on any atom is 0.227 e. The third-order valence-electron chi connectivity index (χ3n) is 6.70. The maximum absolute atomic E-state index is 13.0. The van der Waals surface area contributed by atoms with Gasteiger partial charge in [0.25, 0.3) is 0 Å². The predicted octanol–water partition coefficient (Wildman–Crippen LogP) is 3.69. The molecule has 1 amide bonds. The van der Waals surface area contributed by atoms with Gasteiger partial charge >= 0.3 is 0 Å². The Kier molecular flexibility index (Phi) is 5.40. The van der Waals surface area contributed by atoms with Gasteiger partial charge in [-0.15, -0.1) is 0 Å². The number of hydrogen-bond donors (Lipinski definition) is 0. The number of amides is 1. The Balaban J connectivity index is 1.41. The van der Waals surface area contributed by atoms with Gasteiger partial charge in [0.1, 0.15) is 5.65 Å². The SMILES string of the molecule is Cc1ccc(N2CCCC(C(=O)N3CCOCC3)C2)cc1-c1nc2ccccn2c1C. The number of benzene rings is 1. The number of imidazole rings is 1. The van der Waals surface area contributed by atoms with Gasteiger partial charge in [0.2, 0.25) is 5.91 Å². The summed E-state index contributed by atoms with van der Waals surface area (Å²) in [7, 11) is 0. The molecule has 2 aliphatic heterocycles. The highest BCUT2D eigenvalue weighted by Crippen LogP contribution is 2.32. The van der Waals surface area contributed by atoms with Gasteiger partial charge in [-0.05, 0) is 56.5 Å². The van der Waals surface area contributed by atoms with E-state index < -0.39 is 0 Å². The van der Waals surface area contributed by atoms with Crippen LogP contribution in [0.25, 0.3) is 16.9 Å². The molecule has 2 aliphatic rings. The van der Waals surface area contributed by atoms with Gasteiger partial charge in [0, 0.05) is 49.3 Å². The molecule has 0 bridgehead atoms. The fourth-order valence-corrected chi connectivity index (χ4v) is 4.89. The zero-order valence-electron chi connectivity index (χ0n) is 18.4. The second-order valence-corrected chi connectivity index (χ2v) is 8.70.